The van der Waals surface area contributed by atoms with Gasteiger partial charge in [0.2, 0.25) is 0 Å². The highest BCUT2D eigenvalue weighted by Gasteiger charge is 2.04. The van der Waals surface area contributed by atoms with Crippen LogP contribution in [0.3, 0.4) is 0 Å². The van der Waals surface area contributed by atoms with E-state index < -0.39 is 11.0 Å². The third-order valence-corrected chi connectivity index (χ3v) is 4.35. The number of halogens is 1. The highest BCUT2D eigenvalue weighted by atomic mass is 79.9. The molecule has 0 heterocycles. The molecule has 2 rings (SSSR count). The maximum Gasteiger partial charge on any atom is 0.172 e. The highest BCUT2D eigenvalue weighted by molar-refractivity contribution is 9.10. The Labute approximate surface area is 124 Å². The van der Waals surface area contributed by atoms with Crippen molar-refractivity contribution in [3.63, 3.8) is 0 Å². The Morgan fingerprint density at radius 1 is 1.05 bits per heavy atom. The van der Waals surface area contributed by atoms with Gasteiger partial charge in [-0.3, -0.25) is 0 Å². The largest absolute Gasteiger partial charge is 0.229 e. The van der Waals surface area contributed by atoms with Crippen LogP contribution in [-0.4, -0.2) is 9.92 Å². The Morgan fingerprint density at radius 3 is 2.21 bits per heavy atom. The lowest BCUT2D eigenvalue weighted by Crippen LogP contribution is -1.98. The van der Waals surface area contributed by atoms with E-state index in [1.165, 1.54) is 0 Å². The van der Waals surface area contributed by atoms with E-state index in [1.54, 1.807) is 0 Å². The van der Waals surface area contributed by atoms with Gasteiger partial charge < -0.3 is 0 Å². The van der Waals surface area contributed by atoms with Gasteiger partial charge >= 0.3 is 0 Å². The van der Waals surface area contributed by atoms with Gasteiger partial charge in [-0.15, -0.1) is 0 Å². The number of rotatable bonds is 3. The minimum Gasteiger partial charge on any atom is -0.229 e. The van der Waals surface area contributed by atoms with Gasteiger partial charge in [0.05, 0.1) is 10.6 Å². The van der Waals surface area contributed by atoms with Gasteiger partial charge in [0.1, 0.15) is 0 Å². The molecule has 0 bridgehead atoms. The molecule has 19 heavy (non-hydrogen) atoms. The predicted molar refractivity (Wildman–Crippen MR) is 83.9 cm³/mol. The van der Waals surface area contributed by atoms with Gasteiger partial charge in [-0.25, -0.2) is 4.21 Å². The normalized spacial score (nSPS) is 13.3. The summed E-state index contributed by atoms with van der Waals surface area (Å²) in [5.74, 6) is 0. The zero-order valence-electron chi connectivity index (χ0n) is 10.8. The molecule has 0 aromatic heterocycles. The second-order valence-electron chi connectivity index (χ2n) is 4.25. The molecule has 0 aliphatic carbocycles. The first-order valence-electron chi connectivity index (χ1n) is 5.86. The summed E-state index contributed by atoms with van der Waals surface area (Å²) in [6.07, 6.45) is 0. The molecule has 0 N–H and O–H groups in total. The highest BCUT2D eigenvalue weighted by Crippen LogP contribution is 2.14. The third-order valence-electron chi connectivity index (χ3n) is 2.70. The van der Waals surface area contributed by atoms with Gasteiger partial charge in [-0.2, -0.15) is 4.40 Å². The van der Waals surface area contributed by atoms with Crippen molar-refractivity contribution in [1.29, 1.82) is 0 Å². The first-order chi connectivity index (χ1) is 9.06. The van der Waals surface area contributed by atoms with Gasteiger partial charge in [0.25, 0.3) is 0 Å². The van der Waals surface area contributed by atoms with E-state index in [0.29, 0.717) is 0 Å². The Kier molecular flexibility index (Phi) is 4.66. The molecule has 0 fully saturated rings. The summed E-state index contributed by atoms with van der Waals surface area (Å²) in [6, 6.07) is 15.4. The molecule has 2 aromatic carbocycles. The smallest absolute Gasteiger partial charge is 0.172 e. The van der Waals surface area contributed by atoms with Gasteiger partial charge in [-0.05, 0) is 43.7 Å². The lowest BCUT2D eigenvalue weighted by atomic mass is 10.1. The molecular formula is C15H14BrNOS. The maximum absolute atomic E-state index is 12.1. The van der Waals surface area contributed by atoms with E-state index in [9.17, 15) is 4.21 Å². The molecule has 1 unspecified atom stereocenters. The van der Waals surface area contributed by atoms with Crippen molar-refractivity contribution >= 4 is 32.6 Å². The molecule has 2 nitrogen and oxygen atoms in total. The molecule has 0 radical (unpaired) electrons. The van der Waals surface area contributed by atoms with Crippen molar-refractivity contribution in [2.75, 3.05) is 0 Å². The van der Waals surface area contributed by atoms with E-state index in [-0.39, 0.29) is 0 Å². The second kappa shape index (κ2) is 6.26. The number of nitrogens with zero attached hydrogens (tertiary/aromatic N) is 1. The van der Waals surface area contributed by atoms with Crippen LogP contribution < -0.4 is 0 Å². The molecule has 0 saturated carbocycles. The van der Waals surface area contributed by atoms with Crippen LogP contribution >= 0.6 is 15.9 Å². The van der Waals surface area contributed by atoms with Crippen molar-refractivity contribution in [2.45, 2.75) is 18.7 Å². The number of aryl methyl sites for hydroxylation is 1. The summed E-state index contributed by atoms with van der Waals surface area (Å²) in [7, 11) is -1.35. The fourth-order valence-corrected chi connectivity index (χ4v) is 2.67. The van der Waals surface area contributed by atoms with Crippen LogP contribution in [0.5, 0.6) is 0 Å². The fourth-order valence-electron chi connectivity index (χ4n) is 1.58. The summed E-state index contributed by atoms with van der Waals surface area (Å²) in [5.41, 5.74) is 2.89. The molecule has 0 amide bonds. The predicted octanol–water partition coefficient (Wildman–Crippen LogP) is 4.29. The number of hydrogen-bond acceptors (Lipinski definition) is 1. The van der Waals surface area contributed by atoms with Crippen LogP contribution in [0.25, 0.3) is 0 Å². The molecule has 98 valence electrons. The van der Waals surface area contributed by atoms with Crippen LogP contribution in [-0.2, 0) is 11.0 Å². The Balaban J connectivity index is 2.22. The van der Waals surface area contributed by atoms with Crippen LogP contribution in [0.15, 0.2) is 62.3 Å². The van der Waals surface area contributed by atoms with Crippen molar-refractivity contribution in [3.8, 4) is 0 Å². The molecule has 2 aromatic rings. The van der Waals surface area contributed by atoms with Crippen LogP contribution in [0.2, 0.25) is 0 Å². The maximum atomic E-state index is 12.1. The van der Waals surface area contributed by atoms with E-state index in [2.05, 4.69) is 20.3 Å². The monoisotopic (exact) mass is 335 g/mol. The lowest BCUT2D eigenvalue weighted by molar-refractivity contribution is 0.684. The molecule has 0 saturated heterocycles. The quantitative estimate of drug-likeness (QED) is 0.769. The topological polar surface area (TPSA) is 29.4 Å². The average Bonchev–Trinajstić information content (AvgIpc) is 2.40. The second-order valence-corrected chi connectivity index (χ2v) is 6.31. The van der Waals surface area contributed by atoms with Crippen LogP contribution in [0, 0.1) is 6.92 Å². The molecule has 0 aliphatic rings. The van der Waals surface area contributed by atoms with E-state index in [1.807, 2.05) is 62.4 Å². The Bertz CT molecular complexity index is 618. The summed E-state index contributed by atoms with van der Waals surface area (Å²) < 4.78 is 17.4. The molecule has 0 aliphatic heterocycles. The van der Waals surface area contributed by atoms with Crippen molar-refractivity contribution in [2.24, 2.45) is 4.40 Å². The van der Waals surface area contributed by atoms with Crippen molar-refractivity contribution in [1.82, 2.24) is 0 Å². The number of hydrogen-bond donors (Lipinski definition) is 0. The number of benzene rings is 2. The Hall–Kier alpha value is -1.26. The average molecular weight is 336 g/mol. The van der Waals surface area contributed by atoms with Gasteiger partial charge in [0, 0.05) is 4.47 Å². The van der Waals surface area contributed by atoms with Crippen LogP contribution in [0.1, 0.15) is 18.1 Å². The van der Waals surface area contributed by atoms with E-state index in [0.717, 1.165) is 26.2 Å². The van der Waals surface area contributed by atoms with E-state index >= 15 is 0 Å². The molecule has 4 heteroatoms. The standard InChI is InChI=1S/C15H14BrNOS/c1-11-3-9-15(10-4-11)19(18)17-12(2)13-5-7-14(16)8-6-13/h3-10H,1-2H3/b17-12+. The van der Waals surface area contributed by atoms with Crippen LogP contribution in [0.4, 0.5) is 0 Å². The SMILES string of the molecule is C/C(=N\S(=O)c1ccc(C)cc1)c1ccc(Br)cc1. The summed E-state index contributed by atoms with van der Waals surface area (Å²) in [4.78, 5) is 0.724. The van der Waals surface area contributed by atoms with E-state index in [4.69, 9.17) is 0 Å². The molecule has 1 atom stereocenters. The van der Waals surface area contributed by atoms with Gasteiger partial charge in [0.15, 0.2) is 11.0 Å². The lowest BCUT2D eigenvalue weighted by Gasteiger charge is -2.02. The zero-order valence-corrected chi connectivity index (χ0v) is 13.2. The van der Waals surface area contributed by atoms with Crippen molar-refractivity contribution in [3.05, 3.63) is 64.1 Å². The molecular weight excluding hydrogens is 322 g/mol. The first-order valence-corrected chi connectivity index (χ1v) is 7.76. The third kappa shape index (κ3) is 3.85. The first kappa shape index (κ1) is 14.2. The zero-order chi connectivity index (χ0) is 13.8. The minimum atomic E-state index is -1.35. The minimum absolute atomic E-state index is 0.724. The van der Waals surface area contributed by atoms with Crippen molar-refractivity contribution < 1.29 is 4.21 Å². The summed E-state index contributed by atoms with van der Waals surface area (Å²) >= 11 is 3.39. The summed E-state index contributed by atoms with van der Waals surface area (Å²) in [5, 5.41) is 0. The fraction of sp³-hybridized carbons (Fsp3) is 0.133. The summed E-state index contributed by atoms with van der Waals surface area (Å²) in [6.45, 7) is 3.87. The Morgan fingerprint density at radius 2 is 1.63 bits per heavy atom. The van der Waals surface area contributed by atoms with Gasteiger partial charge in [-0.1, -0.05) is 45.8 Å². The molecule has 0 spiro atoms.